The average molecular weight is 243 g/mol. The average Bonchev–Trinajstić information content (AvgIpc) is 2.12. The van der Waals surface area contributed by atoms with Gasteiger partial charge in [-0.15, -0.1) is 0 Å². The van der Waals surface area contributed by atoms with Gasteiger partial charge in [0.05, 0.1) is 0 Å². The summed E-state index contributed by atoms with van der Waals surface area (Å²) in [5.74, 6) is -0.259. The molecule has 0 radical (unpaired) electrons. The lowest BCUT2D eigenvalue weighted by molar-refractivity contribution is 0.145. The lowest BCUT2D eigenvalue weighted by Crippen LogP contribution is -2.56. The van der Waals surface area contributed by atoms with Crippen molar-refractivity contribution in [1.82, 2.24) is 10.2 Å². The maximum absolute atomic E-state index is 13.2. The third-order valence-corrected chi connectivity index (χ3v) is 3.21. The molecule has 0 atom stereocenters. The minimum atomic E-state index is -0.259. The van der Waals surface area contributed by atoms with Crippen molar-refractivity contribution >= 4 is 11.6 Å². The number of rotatable bonds is 4. The smallest absolute Gasteiger partial charge is 0.125 e. The van der Waals surface area contributed by atoms with E-state index in [1.54, 1.807) is 6.07 Å². The molecular weight excluding hydrogens is 227 g/mol. The van der Waals surface area contributed by atoms with E-state index in [0.29, 0.717) is 11.1 Å². The lowest BCUT2D eigenvalue weighted by atomic mass is 10.1. The first-order valence-electron chi connectivity index (χ1n) is 5.58. The van der Waals surface area contributed by atoms with Crippen LogP contribution in [0.5, 0.6) is 0 Å². The minimum Gasteiger partial charge on any atom is -0.314 e. The van der Waals surface area contributed by atoms with Gasteiger partial charge in [-0.1, -0.05) is 18.5 Å². The molecule has 16 heavy (non-hydrogen) atoms. The summed E-state index contributed by atoms with van der Waals surface area (Å²) in [6.45, 7) is 5.91. The van der Waals surface area contributed by atoms with Crippen LogP contribution in [0.2, 0.25) is 5.02 Å². The van der Waals surface area contributed by atoms with Gasteiger partial charge in [0.15, 0.2) is 0 Å². The highest BCUT2D eigenvalue weighted by molar-refractivity contribution is 6.30. The Morgan fingerprint density at radius 3 is 2.69 bits per heavy atom. The van der Waals surface area contributed by atoms with Crippen LogP contribution in [0.3, 0.4) is 0 Å². The van der Waals surface area contributed by atoms with Crippen molar-refractivity contribution in [3.8, 4) is 0 Å². The van der Waals surface area contributed by atoms with Crippen LogP contribution in [0.1, 0.15) is 12.5 Å². The van der Waals surface area contributed by atoms with Gasteiger partial charge in [0.2, 0.25) is 0 Å². The summed E-state index contributed by atoms with van der Waals surface area (Å²) in [6, 6.07) is 5.30. The highest BCUT2D eigenvalue weighted by atomic mass is 35.5. The van der Waals surface area contributed by atoms with Crippen molar-refractivity contribution in [3.63, 3.8) is 0 Å². The van der Waals surface area contributed by atoms with Crippen LogP contribution in [0.25, 0.3) is 0 Å². The molecule has 1 fully saturated rings. The molecule has 88 valence electrons. The number of benzene rings is 1. The van der Waals surface area contributed by atoms with Gasteiger partial charge in [-0.25, -0.2) is 4.39 Å². The molecule has 0 aliphatic carbocycles. The highest BCUT2D eigenvalue weighted by Crippen LogP contribution is 2.17. The number of nitrogens with one attached hydrogen (secondary N) is 1. The Kier molecular flexibility index (Phi) is 3.79. The molecule has 0 saturated carbocycles. The van der Waals surface area contributed by atoms with Crippen molar-refractivity contribution in [1.29, 1.82) is 0 Å². The van der Waals surface area contributed by atoms with E-state index in [0.717, 1.165) is 31.7 Å². The second kappa shape index (κ2) is 5.13. The highest BCUT2D eigenvalue weighted by Gasteiger charge is 2.23. The summed E-state index contributed by atoms with van der Waals surface area (Å²) in [7, 11) is 0. The zero-order valence-corrected chi connectivity index (χ0v) is 10.1. The van der Waals surface area contributed by atoms with Crippen LogP contribution < -0.4 is 5.32 Å². The molecule has 1 N–H and O–H groups in total. The van der Waals surface area contributed by atoms with E-state index in [9.17, 15) is 4.39 Å². The molecule has 0 aromatic heterocycles. The topological polar surface area (TPSA) is 15.3 Å². The maximum atomic E-state index is 13.2. The van der Waals surface area contributed by atoms with Crippen molar-refractivity contribution < 1.29 is 4.39 Å². The second-order valence-electron chi connectivity index (χ2n) is 4.15. The van der Waals surface area contributed by atoms with Gasteiger partial charge >= 0.3 is 0 Å². The number of nitrogens with zero attached hydrogens (tertiary/aromatic N) is 1. The second-order valence-corrected chi connectivity index (χ2v) is 4.59. The molecule has 0 spiro atoms. The number of likely N-dealkylation sites (N-methyl/N-ethyl adjacent to an activating group) is 1. The SMILES string of the molecule is CCN(Cc1cc(F)cc(Cl)c1)C1CNC1. The third-order valence-electron chi connectivity index (χ3n) is 2.99. The van der Waals surface area contributed by atoms with Crippen LogP contribution in [0.4, 0.5) is 4.39 Å². The molecule has 1 heterocycles. The largest absolute Gasteiger partial charge is 0.314 e. The first kappa shape index (κ1) is 11.8. The van der Waals surface area contributed by atoms with Crippen molar-refractivity contribution in [2.45, 2.75) is 19.5 Å². The molecule has 1 saturated heterocycles. The van der Waals surface area contributed by atoms with Gasteiger partial charge in [0.25, 0.3) is 0 Å². The molecule has 0 amide bonds. The van der Waals surface area contributed by atoms with E-state index >= 15 is 0 Å². The van der Waals surface area contributed by atoms with Gasteiger partial charge in [0, 0.05) is 30.7 Å². The molecule has 1 aromatic rings. The number of halogens is 2. The summed E-state index contributed by atoms with van der Waals surface area (Å²) in [5, 5.41) is 3.71. The third kappa shape index (κ3) is 2.73. The Bertz CT molecular complexity index is 346. The summed E-state index contributed by atoms with van der Waals surface area (Å²) in [5.41, 5.74) is 0.943. The van der Waals surface area contributed by atoms with Gasteiger partial charge in [0.1, 0.15) is 5.82 Å². The fraction of sp³-hybridized carbons (Fsp3) is 0.500. The summed E-state index contributed by atoms with van der Waals surface area (Å²) in [4.78, 5) is 2.33. The van der Waals surface area contributed by atoms with Gasteiger partial charge in [-0.05, 0) is 30.3 Å². The Balaban J connectivity index is 2.05. The van der Waals surface area contributed by atoms with Crippen molar-refractivity contribution in [3.05, 3.63) is 34.6 Å². The summed E-state index contributed by atoms with van der Waals surface area (Å²) >= 11 is 5.83. The van der Waals surface area contributed by atoms with Crippen molar-refractivity contribution in [2.75, 3.05) is 19.6 Å². The lowest BCUT2D eigenvalue weighted by Gasteiger charge is -2.37. The Morgan fingerprint density at radius 2 is 2.19 bits per heavy atom. The summed E-state index contributed by atoms with van der Waals surface area (Å²) in [6.07, 6.45) is 0. The van der Waals surface area contributed by atoms with Crippen molar-refractivity contribution in [2.24, 2.45) is 0 Å². The van der Waals surface area contributed by atoms with Crippen LogP contribution in [0, 0.1) is 5.82 Å². The zero-order valence-electron chi connectivity index (χ0n) is 9.34. The molecular formula is C12H16ClFN2. The van der Waals surface area contributed by atoms with E-state index in [1.807, 2.05) is 6.07 Å². The van der Waals surface area contributed by atoms with E-state index in [4.69, 9.17) is 11.6 Å². The van der Waals surface area contributed by atoms with Gasteiger partial charge in [-0.2, -0.15) is 0 Å². The predicted octanol–water partition coefficient (Wildman–Crippen LogP) is 2.27. The molecule has 0 bridgehead atoms. The van der Waals surface area contributed by atoms with E-state index in [2.05, 4.69) is 17.1 Å². The standard InChI is InChI=1S/C12H16ClFN2/c1-2-16(12-6-15-7-12)8-9-3-10(13)5-11(14)4-9/h3-5,12,15H,2,6-8H2,1H3. The molecule has 0 unspecified atom stereocenters. The number of hydrogen-bond acceptors (Lipinski definition) is 2. The van der Waals surface area contributed by atoms with Crippen LogP contribution in [-0.4, -0.2) is 30.6 Å². The zero-order chi connectivity index (χ0) is 11.5. The first-order chi connectivity index (χ1) is 7.69. The van der Waals surface area contributed by atoms with Crippen LogP contribution in [-0.2, 0) is 6.54 Å². The molecule has 1 aliphatic rings. The normalized spacial score (nSPS) is 16.5. The fourth-order valence-electron chi connectivity index (χ4n) is 1.97. The summed E-state index contributed by atoms with van der Waals surface area (Å²) < 4.78 is 13.2. The molecule has 4 heteroatoms. The molecule has 2 nitrogen and oxygen atoms in total. The Labute approximate surface area is 100 Å². The van der Waals surface area contributed by atoms with E-state index in [-0.39, 0.29) is 5.82 Å². The first-order valence-corrected chi connectivity index (χ1v) is 5.96. The van der Waals surface area contributed by atoms with Gasteiger partial charge in [-0.3, -0.25) is 4.90 Å². The maximum Gasteiger partial charge on any atom is 0.125 e. The molecule has 1 aromatic carbocycles. The molecule has 1 aliphatic heterocycles. The Morgan fingerprint density at radius 1 is 1.44 bits per heavy atom. The Hall–Kier alpha value is -0.640. The van der Waals surface area contributed by atoms with Crippen LogP contribution in [0.15, 0.2) is 18.2 Å². The quantitative estimate of drug-likeness (QED) is 0.872. The van der Waals surface area contributed by atoms with Crippen LogP contribution >= 0.6 is 11.6 Å². The fourth-order valence-corrected chi connectivity index (χ4v) is 2.21. The van der Waals surface area contributed by atoms with E-state index in [1.165, 1.54) is 6.07 Å². The number of hydrogen-bond donors (Lipinski definition) is 1. The molecule has 2 rings (SSSR count). The monoisotopic (exact) mass is 242 g/mol. The predicted molar refractivity (Wildman–Crippen MR) is 64.2 cm³/mol. The van der Waals surface area contributed by atoms with Gasteiger partial charge < -0.3 is 5.32 Å². The minimum absolute atomic E-state index is 0.259. The van der Waals surface area contributed by atoms with E-state index < -0.39 is 0 Å².